The quantitative estimate of drug-likeness (QED) is 0.798. The standard InChI is InChI=1S/C16H15Cl2N3S/c1-2-16(11-3-5-12(17)6-4-11)19-15(22)21(20-16)14-9-7-13(18)8-10-14/h3-10,20H,2H2,1H3,(H,19,22)/t16-/m0/s1. The van der Waals surface area contributed by atoms with E-state index in [1.165, 1.54) is 0 Å². The molecule has 0 aromatic heterocycles. The first kappa shape index (κ1) is 15.6. The fourth-order valence-corrected chi connectivity index (χ4v) is 3.10. The molecule has 0 bridgehead atoms. The topological polar surface area (TPSA) is 27.3 Å². The molecule has 1 aliphatic rings. The van der Waals surface area contributed by atoms with E-state index < -0.39 is 5.66 Å². The average Bonchev–Trinajstić information content (AvgIpc) is 2.87. The summed E-state index contributed by atoms with van der Waals surface area (Å²) in [5, 5.41) is 7.28. The largest absolute Gasteiger partial charge is 0.338 e. The van der Waals surface area contributed by atoms with Gasteiger partial charge in [0.05, 0.1) is 5.69 Å². The van der Waals surface area contributed by atoms with Gasteiger partial charge in [-0.05, 0) is 60.6 Å². The maximum absolute atomic E-state index is 5.99. The molecule has 1 saturated heterocycles. The molecule has 0 amide bonds. The molecule has 0 unspecified atom stereocenters. The predicted molar refractivity (Wildman–Crippen MR) is 96.2 cm³/mol. The van der Waals surface area contributed by atoms with Crippen molar-refractivity contribution in [1.82, 2.24) is 10.7 Å². The van der Waals surface area contributed by atoms with Crippen LogP contribution in [0.25, 0.3) is 0 Å². The number of nitrogens with zero attached hydrogens (tertiary/aromatic N) is 1. The van der Waals surface area contributed by atoms with E-state index >= 15 is 0 Å². The van der Waals surface area contributed by atoms with Gasteiger partial charge in [0.2, 0.25) is 0 Å². The summed E-state index contributed by atoms with van der Waals surface area (Å²) in [5.74, 6) is 0. The molecule has 2 N–H and O–H groups in total. The van der Waals surface area contributed by atoms with Crippen LogP contribution in [0.5, 0.6) is 0 Å². The molecule has 1 atom stereocenters. The Hall–Kier alpha value is -1.33. The second-order valence-corrected chi connectivity index (χ2v) is 6.38. The smallest absolute Gasteiger partial charge is 0.190 e. The number of hydrogen-bond donors (Lipinski definition) is 2. The van der Waals surface area contributed by atoms with Crippen molar-refractivity contribution in [1.29, 1.82) is 0 Å². The van der Waals surface area contributed by atoms with E-state index in [1.54, 1.807) is 0 Å². The fourth-order valence-electron chi connectivity index (χ4n) is 2.52. The molecule has 22 heavy (non-hydrogen) atoms. The first-order valence-electron chi connectivity index (χ1n) is 6.96. The molecule has 3 rings (SSSR count). The highest BCUT2D eigenvalue weighted by molar-refractivity contribution is 7.80. The number of rotatable bonds is 3. The molecule has 1 heterocycles. The van der Waals surface area contributed by atoms with Crippen molar-refractivity contribution >= 4 is 46.2 Å². The average molecular weight is 352 g/mol. The Bertz CT molecular complexity index is 688. The Morgan fingerprint density at radius 2 is 1.55 bits per heavy atom. The summed E-state index contributed by atoms with van der Waals surface area (Å²) in [4.78, 5) is 0. The van der Waals surface area contributed by atoms with E-state index in [-0.39, 0.29) is 0 Å². The summed E-state index contributed by atoms with van der Waals surface area (Å²) in [6, 6.07) is 15.3. The Morgan fingerprint density at radius 3 is 2.09 bits per heavy atom. The number of thiocarbonyl (C=S) groups is 1. The van der Waals surface area contributed by atoms with Crippen molar-refractivity contribution in [3.63, 3.8) is 0 Å². The summed E-state index contributed by atoms with van der Waals surface area (Å²) >= 11 is 17.4. The van der Waals surface area contributed by atoms with Gasteiger partial charge < -0.3 is 5.32 Å². The fraction of sp³-hybridized carbons (Fsp3) is 0.188. The van der Waals surface area contributed by atoms with Gasteiger partial charge in [0.25, 0.3) is 0 Å². The number of anilines is 1. The maximum Gasteiger partial charge on any atom is 0.190 e. The highest BCUT2D eigenvalue weighted by Gasteiger charge is 2.40. The maximum atomic E-state index is 5.99. The van der Waals surface area contributed by atoms with Gasteiger partial charge in [0.1, 0.15) is 5.66 Å². The van der Waals surface area contributed by atoms with Crippen LogP contribution < -0.4 is 15.8 Å². The van der Waals surface area contributed by atoms with Gasteiger partial charge in [-0.1, -0.05) is 42.3 Å². The van der Waals surface area contributed by atoms with Crippen LogP contribution >= 0.6 is 35.4 Å². The second-order valence-electron chi connectivity index (χ2n) is 5.12. The van der Waals surface area contributed by atoms with E-state index in [1.807, 2.05) is 53.5 Å². The Morgan fingerprint density at radius 1 is 1.00 bits per heavy atom. The number of halogens is 2. The van der Waals surface area contributed by atoms with Gasteiger partial charge in [0.15, 0.2) is 5.11 Å². The van der Waals surface area contributed by atoms with E-state index in [2.05, 4.69) is 17.7 Å². The van der Waals surface area contributed by atoms with Gasteiger partial charge in [0, 0.05) is 10.0 Å². The van der Waals surface area contributed by atoms with E-state index in [0.717, 1.165) is 17.7 Å². The molecule has 6 heteroatoms. The molecule has 3 nitrogen and oxygen atoms in total. The lowest BCUT2D eigenvalue weighted by Crippen LogP contribution is -2.47. The monoisotopic (exact) mass is 351 g/mol. The van der Waals surface area contributed by atoms with Crippen molar-refractivity contribution in [2.24, 2.45) is 0 Å². The third-order valence-corrected chi connectivity index (χ3v) is 4.57. The zero-order chi connectivity index (χ0) is 15.7. The minimum Gasteiger partial charge on any atom is -0.338 e. The molecule has 114 valence electrons. The van der Waals surface area contributed by atoms with Crippen molar-refractivity contribution in [3.05, 3.63) is 64.1 Å². The first-order valence-corrected chi connectivity index (χ1v) is 8.12. The molecule has 0 saturated carbocycles. The minimum atomic E-state index is -0.443. The molecule has 1 fully saturated rings. The Balaban J connectivity index is 1.94. The van der Waals surface area contributed by atoms with Crippen LogP contribution in [0.2, 0.25) is 10.0 Å². The zero-order valence-corrected chi connectivity index (χ0v) is 14.3. The normalized spacial score (nSPS) is 21.0. The van der Waals surface area contributed by atoms with Gasteiger partial charge >= 0.3 is 0 Å². The van der Waals surface area contributed by atoms with Crippen LogP contribution in [-0.4, -0.2) is 5.11 Å². The third kappa shape index (κ3) is 2.79. The van der Waals surface area contributed by atoms with Crippen molar-refractivity contribution in [2.45, 2.75) is 19.0 Å². The highest BCUT2D eigenvalue weighted by Crippen LogP contribution is 2.30. The Labute approximate surface area is 145 Å². The summed E-state index contributed by atoms with van der Waals surface area (Å²) < 4.78 is 0. The molecule has 1 aliphatic heterocycles. The molecule has 0 aliphatic carbocycles. The van der Waals surface area contributed by atoms with Crippen LogP contribution in [0.4, 0.5) is 5.69 Å². The second kappa shape index (κ2) is 6.05. The van der Waals surface area contributed by atoms with Gasteiger partial charge in [-0.2, -0.15) is 5.43 Å². The van der Waals surface area contributed by atoms with Crippen LogP contribution in [0, 0.1) is 0 Å². The van der Waals surface area contributed by atoms with E-state index in [4.69, 9.17) is 35.4 Å². The predicted octanol–water partition coefficient (Wildman–Crippen LogP) is 4.46. The van der Waals surface area contributed by atoms with Crippen LogP contribution in [0.15, 0.2) is 48.5 Å². The number of benzene rings is 2. The molecule has 0 spiro atoms. The van der Waals surface area contributed by atoms with Crippen molar-refractivity contribution in [2.75, 3.05) is 5.01 Å². The summed E-state index contributed by atoms with van der Waals surface area (Å²) in [6.07, 6.45) is 0.818. The summed E-state index contributed by atoms with van der Waals surface area (Å²) in [5.41, 5.74) is 5.05. The third-order valence-electron chi connectivity index (χ3n) is 3.78. The Kier molecular flexibility index (Phi) is 4.28. The van der Waals surface area contributed by atoms with Crippen LogP contribution in [0.1, 0.15) is 18.9 Å². The molecule has 2 aromatic rings. The van der Waals surface area contributed by atoms with E-state index in [0.29, 0.717) is 15.2 Å². The van der Waals surface area contributed by atoms with Crippen molar-refractivity contribution < 1.29 is 0 Å². The van der Waals surface area contributed by atoms with E-state index in [9.17, 15) is 0 Å². The molecular formula is C16H15Cl2N3S. The number of hydrazine groups is 1. The number of hydrogen-bond acceptors (Lipinski definition) is 2. The highest BCUT2D eigenvalue weighted by atomic mass is 35.5. The van der Waals surface area contributed by atoms with Crippen LogP contribution in [0.3, 0.4) is 0 Å². The molecular weight excluding hydrogens is 337 g/mol. The lowest BCUT2D eigenvalue weighted by molar-refractivity contribution is 0.337. The van der Waals surface area contributed by atoms with Crippen LogP contribution in [-0.2, 0) is 5.66 Å². The molecule has 0 radical (unpaired) electrons. The summed E-state index contributed by atoms with van der Waals surface area (Å²) in [6.45, 7) is 2.10. The lowest BCUT2D eigenvalue weighted by atomic mass is 9.98. The van der Waals surface area contributed by atoms with Crippen molar-refractivity contribution in [3.8, 4) is 0 Å². The van der Waals surface area contributed by atoms with Gasteiger partial charge in [-0.3, -0.25) is 0 Å². The van der Waals surface area contributed by atoms with Gasteiger partial charge in [-0.25, -0.2) is 5.01 Å². The molecule has 2 aromatic carbocycles. The summed E-state index contributed by atoms with van der Waals surface area (Å²) in [7, 11) is 0. The SMILES string of the molecule is CC[C@]1(c2ccc(Cl)cc2)NC(=S)N(c2ccc(Cl)cc2)N1. The minimum absolute atomic E-state index is 0.443. The van der Waals surface area contributed by atoms with Gasteiger partial charge in [-0.15, -0.1) is 0 Å². The first-order chi connectivity index (χ1) is 10.5. The zero-order valence-electron chi connectivity index (χ0n) is 11.9. The lowest BCUT2D eigenvalue weighted by Gasteiger charge is -2.29. The number of nitrogens with one attached hydrogen (secondary N) is 2.